The predicted molar refractivity (Wildman–Crippen MR) is 98.7 cm³/mol. The van der Waals surface area contributed by atoms with Gasteiger partial charge in [0, 0.05) is 29.1 Å². The number of thiophene rings is 1. The van der Waals surface area contributed by atoms with Gasteiger partial charge in [0.1, 0.15) is 5.82 Å². The first-order valence-electron chi connectivity index (χ1n) is 8.49. The van der Waals surface area contributed by atoms with Crippen LogP contribution in [0, 0.1) is 12.7 Å². The zero-order chi connectivity index (χ0) is 18.5. The van der Waals surface area contributed by atoms with Gasteiger partial charge in [-0.15, -0.1) is 11.3 Å². The van der Waals surface area contributed by atoms with Crippen LogP contribution in [-0.2, 0) is 20.7 Å². The third kappa shape index (κ3) is 4.47. The van der Waals surface area contributed by atoms with Crippen LogP contribution in [-0.4, -0.2) is 42.5 Å². The lowest BCUT2D eigenvalue weighted by Gasteiger charge is -2.35. The fourth-order valence-corrected chi connectivity index (χ4v) is 3.67. The molecular formula is C19H21FN2O3S. The van der Waals surface area contributed by atoms with E-state index in [1.807, 2.05) is 17.5 Å². The van der Waals surface area contributed by atoms with E-state index in [4.69, 9.17) is 4.74 Å². The highest BCUT2D eigenvalue weighted by Crippen LogP contribution is 2.20. The van der Waals surface area contributed by atoms with Crippen molar-refractivity contribution in [3.05, 3.63) is 52.0 Å². The maximum absolute atomic E-state index is 13.6. The van der Waals surface area contributed by atoms with Gasteiger partial charge in [0.05, 0.1) is 25.7 Å². The van der Waals surface area contributed by atoms with Crippen LogP contribution < -0.4 is 5.32 Å². The molecule has 0 aliphatic carbocycles. The van der Waals surface area contributed by atoms with Crippen LogP contribution in [0.1, 0.15) is 16.9 Å². The number of rotatable bonds is 5. The van der Waals surface area contributed by atoms with Gasteiger partial charge in [0.25, 0.3) is 0 Å². The van der Waals surface area contributed by atoms with Crippen molar-refractivity contribution in [2.75, 3.05) is 25.1 Å². The van der Waals surface area contributed by atoms with Crippen molar-refractivity contribution in [1.82, 2.24) is 4.90 Å². The fraction of sp³-hybridized carbons (Fsp3) is 0.368. The molecule has 0 bridgehead atoms. The summed E-state index contributed by atoms with van der Waals surface area (Å²) >= 11 is 1.54. The van der Waals surface area contributed by atoms with Gasteiger partial charge < -0.3 is 15.0 Å². The van der Waals surface area contributed by atoms with Crippen LogP contribution in [0.3, 0.4) is 0 Å². The van der Waals surface area contributed by atoms with Crippen LogP contribution in [0.2, 0.25) is 0 Å². The lowest BCUT2D eigenvalue weighted by atomic mass is 10.1. The Labute approximate surface area is 155 Å². The number of hydrogen-bond acceptors (Lipinski definition) is 4. The topological polar surface area (TPSA) is 58.6 Å². The number of halogens is 1. The molecule has 5 nitrogen and oxygen atoms in total. The van der Waals surface area contributed by atoms with Gasteiger partial charge in [0.2, 0.25) is 11.8 Å². The second-order valence-electron chi connectivity index (χ2n) is 6.24. The van der Waals surface area contributed by atoms with Crippen molar-refractivity contribution < 1.29 is 18.7 Å². The summed E-state index contributed by atoms with van der Waals surface area (Å²) < 4.78 is 19.1. The zero-order valence-corrected chi connectivity index (χ0v) is 15.4. The van der Waals surface area contributed by atoms with Crippen molar-refractivity contribution in [2.24, 2.45) is 0 Å². The summed E-state index contributed by atoms with van der Waals surface area (Å²) in [5, 5.41) is 4.67. The summed E-state index contributed by atoms with van der Waals surface area (Å²) in [6, 6.07) is 8.10. The number of benzene rings is 1. The lowest BCUT2D eigenvalue weighted by molar-refractivity contribution is -0.140. The van der Waals surface area contributed by atoms with Gasteiger partial charge in [-0.05, 0) is 30.5 Å². The molecule has 138 valence electrons. The SMILES string of the molecule is Cc1c(F)cccc1NC(=O)C[C@H]1COCCN1C(=O)Cc1cccs1. The number of carbonyl (C=O) groups excluding carboxylic acids is 2. The minimum absolute atomic E-state index is 0.00418. The Bertz CT molecular complexity index is 779. The molecule has 1 aromatic carbocycles. The third-order valence-corrected chi connectivity index (χ3v) is 5.29. The molecule has 26 heavy (non-hydrogen) atoms. The summed E-state index contributed by atoms with van der Waals surface area (Å²) in [4.78, 5) is 27.7. The second kappa shape index (κ2) is 8.42. The smallest absolute Gasteiger partial charge is 0.228 e. The van der Waals surface area contributed by atoms with E-state index in [1.54, 1.807) is 35.3 Å². The van der Waals surface area contributed by atoms with Crippen LogP contribution in [0.25, 0.3) is 0 Å². The van der Waals surface area contributed by atoms with E-state index in [-0.39, 0.29) is 30.1 Å². The Morgan fingerprint density at radius 1 is 1.35 bits per heavy atom. The molecule has 2 amide bonds. The largest absolute Gasteiger partial charge is 0.377 e. The second-order valence-corrected chi connectivity index (χ2v) is 7.27. The van der Waals surface area contributed by atoms with E-state index in [2.05, 4.69) is 5.32 Å². The minimum atomic E-state index is -0.364. The molecule has 0 radical (unpaired) electrons. The van der Waals surface area contributed by atoms with Crippen LogP contribution in [0.5, 0.6) is 0 Å². The summed E-state index contributed by atoms with van der Waals surface area (Å²) in [6.45, 7) is 2.88. The Hall–Kier alpha value is -2.25. The molecule has 0 saturated carbocycles. The van der Waals surface area contributed by atoms with Gasteiger partial charge in [-0.2, -0.15) is 0 Å². The van der Waals surface area contributed by atoms with Crippen LogP contribution >= 0.6 is 11.3 Å². The summed E-state index contributed by atoms with van der Waals surface area (Å²) in [7, 11) is 0. The van der Waals surface area contributed by atoms with Crippen molar-refractivity contribution in [2.45, 2.75) is 25.8 Å². The lowest BCUT2D eigenvalue weighted by Crippen LogP contribution is -2.50. The molecular weight excluding hydrogens is 355 g/mol. The van der Waals surface area contributed by atoms with Gasteiger partial charge in [-0.25, -0.2) is 4.39 Å². The van der Waals surface area contributed by atoms with E-state index in [1.165, 1.54) is 6.07 Å². The van der Waals surface area contributed by atoms with Gasteiger partial charge in [-0.3, -0.25) is 9.59 Å². The summed E-state index contributed by atoms with van der Waals surface area (Å²) in [6.07, 6.45) is 0.449. The number of nitrogens with one attached hydrogen (secondary N) is 1. The quantitative estimate of drug-likeness (QED) is 0.873. The molecule has 2 heterocycles. The average molecular weight is 376 g/mol. The van der Waals surface area contributed by atoms with Crippen molar-refractivity contribution in [3.8, 4) is 0 Å². The van der Waals surface area contributed by atoms with Crippen molar-refractivity contribution in [3.63, 3.8) is 0 Å². The standard InChI is InChI=1S/C19H21FN2O3S/c1-13-16(20)5-2-6-17(13)21-18(23)10-14-12-25-8-7-22(14)19(24)11-15-4-3-9-26-15/h2-6,9,14H,7-8,10-12H2,1H3,(H,21,23)/t14-/m0/s1. The first-order valence-corrected chi connectivity index (χ1v) is 9.37. The minimum Gasteiger partial charge on any atom is -0.377 e. The Morgan fingerprint density at radius 3 is 2.96 bits per heavy atom. The number of nitrogens with zero attached hydrogens (tertiary/aromatic N) is 1. The first kappa shape index (κ1) is 18.5. The van der Waals surface area contributed by atoms with Crippen molar-refractivity contribution in [1.29, 1.82) is 0 Å². The van der Waals surface area contributed by atoms with Crippen LogP contribution in [0.15, 0.2) is 35.7 Å². The predicted octanol–water partition coefficient (Wildman–Crippen LogP) is 2.99. The number of amides is 2. The zero-order valence-electron chi connectivity index (χ0n) is 14.5. The van der Waals surface area contributed by atoms with Gasteiger partial charge in [0.15, 0.2) is 0 Å². The normalized spacial score (nSPS) is 17.2. The summed E-state index contributed by atoms with van der Waals surface area (Å²) in [5.41, 5.74) is 0.842. The molecule has 0 spiro atoms. The van der Waals surface area contributed by atoms with E-state index < -0.39 is 0 Å². The van der Waals surface area contributed by atoms with Gasteiger partial charge in [-0.1, -0.05) is 12.1 Å². The first-order chi connectivity index (χ1) is 12.5. The Kier molecular flexibility index (Phi) is 6.00. The highest BCUT2D eigenvalue weighted by atomic mass is 32.1. The number of morpholine rings is 1. The molecule has 1 aliphatic rings. The molecule has 1 N–H and O–H groups in total. The maximum Gasteiger partial charge on any atom is 0.228 e. The average Bonchev–Trinajstić information content (AvgIpc) is 3.12. The molecule has 1 aliphatic heterocycles. The van der Waals surface area contributed by atoms with E-state index in [9.17, 15) is 14.0 Å². The van der Waals surface area contributed by atoms with Gasteiger partial charge >= 0.3 is 0 Å². The molecule has 1 aromatic heterocycles. The Morgan fingerprint density at radius 2 is 2.19 bits per heavy atom. The van der Waals surface area contributed by atoms with E-state index in [0.717, 1.165) is 4.88 Å². The molecule has 1 atom stereocenters. The maximum atomic E-state index is 13.6. The number of ether oxygens (including phenoxy) is 1. The molecule has 1 saturated heterocycles. The van der Waals surface area contributed by atoms with Crippen molar-refractivity contribution >= 4 is 28.8 Å². The molecule has 1 fully saturated rings. The van der Waals surface area contributed by atoms with E-state index in [0.29, 0.717) is 37.4 Å². The van der Waals surface area contributed by atoms with E-state index >= 15 is 0 Å². The molecule has 3 rings (SSSR count). The molecule has 7 heteroatoms. The monoisotopic (exact) mass is 376 g/mol. The fourth-order valence-electron chi connectivity index (χ4n) is 2.97. The number of carbonyl (C=O) groups is 2. The molecule has 0 unspecified atom stereocenters. The Balaban J connectivity index is 1.63. The highest BCUT2D eigenvalue weighted by Gasteiger charge is 2.29. The highest BCUT2D eigenvalue weighted by molar-refractivity contribution is 7.10. The molecule has 2 aromatic rings. The third-order valence-electron chi connectivity index (χ3n) is 4.42. The van der Waals surface area contributed by atoms with Crippen LogP contribution in [0.4, 0.5) is 10.1 Å². The number of anilines is 1. The number of hydrogen-bond donors (Lipinski definition) is 1. The summed E-state index contributed by atoms with van der Waals surface area (Å²) in [5.74, 6) is -0.629.